The predicted octanol–water partition coefficient (Wildman–Crippen LogP) is 5.70. The summed E-state index contributed by atoms with van der Waals surface area (Å²) in [6, 6.07) is 8.94. The van der Waals surface area contributed by atoms with Gasteiger partial charge in [0.05, 0.1) is 90.3 Å². The highest BCUT2D eigenvalue weighted by Gasteiger charge is 2.24. The number of nitrogens with zero attached hydrogens (tertiary/aromatic N) is 7. The number of amides is 1. The highest BCUT2D eigenvalue weighted by Crippen LogP contribution is 2.43. The van der Waals surface area contributed by atoms with E-state index in [0.29, 0.717) is 24.5 Å². The van der Waals surface area contributed by atoms with E-state index in [1.54, 1.807) is 13.0 Å². The Bertz CT molecular complexity index is 1400. The van der Waals surface area contributed by atoms with Crippen LogP contribution in [0.4, 0.5) is 34.1 Å². The Morgan fingerprint density at radius 1 is 1.00 bits per heavy atom. The Labute approximate surface area is 255 Å². The summed E-state index contributed by atoms with van der Waals surface area (Å²) < 4.78 is 16.7. The quantitative estimate of drug-likeness (QED) is 0.0883. The van der Waals surface area contributed by atoms with Gasteiger partial charge >= 0.3 is 5.69 Å². The van der Waals surface area contributed by atoms with Gasteiger partial charge in [-0.2, -0.15) is 10.5 Å². The SMILES string of the molecule is CCC(=O)Nc1cc(N(CCOCCC#N)CCOCCC#N)c(OC)cc1N=Nc1c(Br)cc([N+](=O)[O-])cc1[N+](=O)[O-]. The summed E-state index contributed by atoms with van der Waals surface area (Å²) in [7, 11) is 1.42. The topological polar surface area (TPSA) is 219 Å². The van der Waals surface area contributed by atoms with Crippen molar-refractivity contribution >= 4 is 56.0 Å². The van der Waals surface area contributed by atoms with Gasteiger partial charge in [-0.1, -0.05) is 6.92 Å². The minimum absolute atomic E-state index is 0.0288. The number of halogens is 1. The molecule has 0 atom stereocenters. The van der Waals surface area contributed by atoms with Gasteiger partial charge in [-0.25, -0.2) is 0 Å². The van der Waals surface area contributed by atoms with Gasteiger partial charge in [-0.05, 0) is 22.0 Å². The zero-order valence-electron chi connectivity index (χ0n) is 23.4. The van der Waals surface area contributed by atoms with E-state index < -0.39 is 21.2 Å². The first kappa shape index (κ1) is 34.5. The van der Waals surface area contributed by atoms with Crippen LogP contribution in [0.1, 0.15) is 26.2 Å². The van der Waals surface area contributed by atoms with Crippen molar-refractivity contribution in [1.82, 2.24) is 0 Å². The normalized spacial score (nSPS) is 10.6. The number of hydrogen-bond acceptors (Lipinski definition) is 13. The van der Waals surface area contributed by atoms with E-state index in [-0.39, 0.29) is 73.1 Å². The Morgan fingerprint density at radius 2 is 1.63 bits per heavy atom. The summed E-state index contributed by atoms with van der Waals surface area (Å²) in [5.74, 6) is -0.0314. The first-order valence-electron chi connectivity index (χ1n) is 12.9. The van der Waals surface area contributed by atoms with Gasteiger partial charge in [0.15, 0.2) is 5.69 Å². The summed E-state index contributed by atoms with van der Waals surface area (Å²) in [5, 5.41) is 51.2. The average molecular weight is 661 g/mol. The number of ether oxygens (including phenoxy) is 3. The molecule has 0 saturated heterocycles. The van der Waals surface area contributed by atoms with Crippen molar-refractivity contribution < 1.29 is 28.9 Å². The largest absolute Gasteiger partial charge is 0.494 e. The van der Waals surface area contributed by atoms with Crippen LogP contribution in [-0.2, 0) is 14.3 Å². The second kappa shape index (κ2) is 18.0. The number of nitro groups is 2. The molecule has 0 unspecified atom stereocenters. The Kier molecular flexibility index (Phi) is 14.4. The molecule has 16 nitrogen and oxygen atoms in total. The fourth-order valence-electron chi connectivity index (χ4n) is 3.55. The van der Waals surface area contributed by atoms with E-state index in [1.807, 2.05) is 17.0 Å². The standard InChI is InChI=1S/C26H29BrN8O8/c1-3-25(36)30-20-16-22(33(8-12-42-10-4-6-28)9-13-43-11-5-7-29)24(41-2)17-21(20)31-32-26-19(27)14-18(34(37)38)15-23(26)35(39)40/h14-17H,3-5,8-13H2,1-2H3,(H,30,36). The number of methoxy groups -OCH3 is 1. The first-order valence-corrected chi connectivity index (χ1v) is 13.7. The number of benzene rings is 2. The van der Waals surface area contributed by atoms with E-state index >= 15 is 0 Å². The van der Waals surface area contributed by atoms with Crippen molar-refractivity contribution in [3.63, 3.8) is 0 Å². The molecule has 0 saturated carbocycles. The van der Waals surface area contributed by atoms with Gasteiger partial charge in [-0.15, -0.1) is 10.2 Å². The van der Waals surface area contributed by atoms with E-state index in [4.69, 9.17) is 24.7 Å². The van der Waals surface area contributed by atoms with Gasteiger partial charge < -0.3 is 24.4 Å². The van der Waals surface area contributed by atoms with E-state index in [1.165, 1.54) is 13.2 Å². The number of carbonyl (C=O) groups excluding carboxylic acids is 1. The third kappa shape index (κ3) is 10.6. The summed E-state index contributed by atoms with van der Waals surface area (Å²) in [6.07, 6.45) is 0.605. The summed E-state index contributed by atoms with van der Waals surface area (Å²) in [5.41, 5.74) is -0.579. The number of non-ortho nitro benzene ring substituents is 1. The Balaban J connectivity index is 2.57. The molecule has 43 heavy (non-hydrogen) atoms. The molecule has 0 heterocycles. The molecule has 0 aromatic heterocycles. The van der Waals surface area contributed by atoms with Crippen LogP contribution in [0.5, 0.6) is 5.75 Å². The van der Waals surface area contributed by atoms with Crippen molar-refractivity contribution in [2.75, 3.05) is 56.8 Å². The molecule has 2 aromatic carbocycles. The third-order valence-electron chi connectivity index (χ3n) is 5.65. The Morgan fingerprint density at radius 3 is 2.14 bits per heavy atom. The first-order chi connectivity index (χ1) is 20.7. The van der Waals surface area contributed by atoms with Gasteiger partial charge in [0.2, 0.25) is 5.91 Å². The van der Waals surface area contributed by atoms with Crippen LogP contribution in [-0.4, -0.2) is 62.4 Å². The van der Waals surface area contributed by atoms with E-state index in [2.05, 4.69) is 31.5 Å². The minimum Gasteiger partial charge on any atom is -0.494 e. The summed E-state index contributed by atoms with van der Waals surface area (Å²) >= 11 is 3.09. The molecule has 2 rings (SSSR count). The molecule has 228 valence electrons. The smallest absolute Gasteiger partial charge is 0.304 e. The van der Waals surface area contributed by atoms with Gasteiger partial charge in [-0.3, -0.25) is 25.0 Å². The highest BCUT2D eigenvalue weighted by atomic mass is 79.9. The number of azo groups is 1. The maximum absolute atomic E-state index is 12.4. The maximum atomic E-state index is 12.4. The van der Waals surface area contributed by atoms with Crippen molar-refractivity contribution in [3.05, 3.63) is 49.0 Å². The number of anilines is 2. The van der Waals surface area contributed by atoms with Crippen LogP contribution in [0, 0.1) is 42.9 Å². The molecule has 17 heteroatoms. The molecule has 1 amide bonds. The molecule has 0 spiro atoms. The van der Waals surface area contributed by atoms with Crippen LogP contribution in [0.15, 0.2) is 39.0 Å². The van der Waals surface area contributed by atoms with Crippen LogP contribution in [0.3, 0.4) is 0 Å². The lowest BCUT2D eigenvalue weighted by molar-refractivity contribution is -0.393. The van der Waals surface area contributed by atoms with Gasteiger partial charge in [0, 0.05) is 31.6 Å². The minimum atomic E-state index is -0.815. The molecular formula is C26H29BrN8O8. The molecule has 0 radical (unpaired) electrons. The zero-order chi connectivity index (χ0) is 31.8. The lowest BCUT2D eigenvalue weighted by Crippen LogP contribution is -2.31. The number of hydrogen-bond donors (Lipinski definition) is 1. The fraction of sp³-hybridized carbons (Fsp3) is 0.423. The van der Waals surface area contributed by atoms with Crippen LogP contribution in [0.2, 0.25) is 0 Å². The molecule has 0 bridgehead atoms. The molecule has 0 fully saturated rings. The monoisotopic (exact) mass is 660 g/mol. The molecule has 1 N–H and O–H groups in total. The summed E-state index contributed by atoms with van der Waals surface area (Å²) in [6.45, 7) is 3.39. The number of rotatable bonds is 18. The predicted molar refractivity (Wildman–Crippen MR) is 158 cm³/mol. The van der Waals surface area contributed by atoms with Crippen molar-refractivity contribution in [2.24, 2.45) is 10.2 Å². The van der Waals surface area contributed by atoms with Gasteiger partial charge in [0.25, 0.3) is 5.69 Å². The molecule has 0 aliphatic carbocycles. The van der Waals surface area contributed by atoms with Crippen LogP contribution >= 0.6 is 15.9 Å². The Hall–Kier alpha value is -4.71. The number of nitriles is 2. The number of carbonyl (C=O) groups is 1. The zero-order valence-corrected chi connectivity index (χ0v) is 25.0. The van der Waals surface area contributed by atoms with Crippen molar-refractivity contribution in [3.8, 4) is 17.9 Å². The molecular weight excluding hydrogens is 632 g/mol. The lowest BCUT2D eigenvalue weighted by Gasteiger charge is -2.27. The maximum Gasteiger partial charge on any atom is 0.304 e. The third-order valence-corrected chi connectivity index (χ3v) is 6.26. The van der Waals surface area contributed by atoms with Crippen molar-refractivity contribution in [2.45, 2.75) is 26.2 Å². The number of nitrogens with one attached hydrogen (secondary N) is 1. The van der Waals surface area contributed by atoms with Crippen LogP contribution in [0.25, 0.3) is 0 Å². The summed E-state index contributed by atoms with van der Waals surface area (Å²) in [4.78, 5) is 35.5. The lowest BCUT2D eigenvalue weighted by atomic mass is 10.2. The fourth-order valence-corrected chi connectivity index (χ4v) is 4.07. The highest BCUT2D eigenvalue weighted by molar-refractivity contribution is 9.10. The second-order valence-corrected chi connectivity index (χ2v) is 9.33. The van der Waals surface area contributed by atoms with Crippen LogP contribution < -0.4 is 15.0 Å². The van der Waals surface area contributed by atoms with Gasteiger partial charge in [0.1, 0.15) is 11.4 Å². The molecule has 2 aromatic rings. The van der Waals surface area contributed by atoms with Crippen molar-refractivity contribution in [1.29, 1.82) is 10.5 Å². The number of nitro benzene ring substituents is 2. The van der Waals surface area contributed by atoms with E-state index in [9.17, 15) is 25.0 Å². The average Bonchev–Trinajstić information content (AvgIpc) is 2.98. The van der Waals surface area contributed by atoms with E-state index in [0.717, 1.165) is 12.1 Å². The second-order valence-electron chi connectivity index (χ2n) is 8.48. The molecule has 0 aliphatic heterocycles. The molecule has 0 aliphatic rings.